The van der Waals surface area contributed by atoms with E-state index in [0.717, 1.165) is 16.7 Å². The van der Waals surface area contributed by atoms with Gasteiger partial charge in [0.2, 0.25) is 11.8 Å². The van der Waals surface area contributed by atoms with Crippen LogP contribution in [0.4, 0.5) is 0 Å². The fourth-order valence-electron chi connectivity index (χ4n) is 3.95. The van der Waals surface area contributed by atoms with Gasteiger partial charge in [-0.3, -0.25) is 9.59 Å². The Bertz CT molecular complexity index is 946. The van der Waals surface area contributed by atoms with E-state index < -0.39 is 23.3 Å². The molecule has 3 atom stereocenters. The highest BCUT2D eigenvalue weighted by molar-refractivity contribution is 7.81. The van der Waals surface area contributed by atoms with Gasteiger partial charge in [-0.15, -0.1) is 0 Å². The Hall–Kier alpha value is -2.80. The quantitative estimate of drug-likeness (QED) is 0.534. The highest BCUT2D eigenvalue weighted by atomic mass is 32.1. The number of benzene rings is 2. The summed E-state index contributed by atoms with van der Waals surface area (Å²) in [5, 5.41) is 11.8. The van der Waals surface area contributed by atoms with E-state index in [0.29, 0.717) is 19.4 Å². The van der Waals surface area contributed by atoms with Crippen LogP contribution in [-0.2, 0) is 20.8 Å². The number of carboxylic acids is 1. The fourth-order valence-corrected chi connectivity index (χ4v) is 4.02. The number of rotatable bonds is 8. The van der Waals surface area contributed by atoms with Crippen molar-refractivity contribution < 1.29 is 19.5 Å². The van der Waals surface area contributed by atoms with Gasteiger partial charge in [0, 0.05) is 13.0 Å². The normalized spacial score (nSPS) is 17.8. The molecule has 1 saturated heterocycles. The molecule has 1 aliphatic rings. The van der Waals surface area contributed by atoms with E-state index in [-0.39, 0.29) is 24.2 Å². The third-order valence-corrected chi connectivity index (χ3v) is 6.67. The predicted molar refractivity (Wildman–Crippen MR) is 127 cm³/mol. The average molecular weight is 455 g/mol. The van der Waals surface area contributed by atoms with Crippen molar-refractivity contribution in [3.63, 3.8) is 0 Å². The zero-order valence-electron chi connectivity index (χ0n) is 18.4. The van der Waals surface area contributed by atoms with Gasteiger partial charge in [0.05, 0.1) is 5.25 Å². The van der Waals surface area contributed by atoms with Crippen LogP contribution in [0.25, 0.3) is 11.1 Å². The van der Waals surface area contributed by atoms with Crippen LogP contribution in [0.2, 0.25) is 0 Å². The van der Waals surface area contributed by atoms with Gasteiger partial charge in [-0.25, -0.2) is 4.79 Å². The molecule has 7 heteroatoms. The highest BCUT2D eigenvalue weighted by Crippen LogP contribution is 2.22. The van der Waals surface area contributed by atoms with Crippen molar-refractivity contribution in [3.8, 4) is 11.1 Å². The van der Waals surface area contributed by atoms with Crippen LogP contribution < -0.4 is 5.32 Å². The Morgan fingerprint density at radius 1 is 1.06 bits per heavy atom. The SMILES string of the molecule is CC(C)[C@H](S)C(=O)N[C@@H](Cc1ccc(-c2ccccc2)cc1)C(=O)N1CCC[C@H]1C(=O)O. The molecule has 170 valence electrons. The number of nitrogens with one attached hydrogen (secondary N) is 1. The Morgan fingerprint density at radius 2 is 1.69 bits per heavy atom. The smallest absolute Gasteiger partial charge is 0.326 e. The third-order valence-electron chi connectivity index (χ3n) is 5.84. The highest BCUT2D eigenvalue weighted by Gasteiger charge is 2.38. The van der Waals surface area contributed by atoms with Gasteiger partial charge in [0.1, 0.15) is 12.1 Å². The molecular formula is C25H30N2O4S. The van der Waals surface area contributed by atoms with E-state index in [1.807, 2.05) is 68.4 Å². The number of hydrogen-bond donors (Lipinski definition) is 3. The molecule has 2 aromatic rings. The van der Waals surface area contributed by atoms with E-state index in [1.165, 1.54) is 4.90 Å². The molecule has 0 aromatic heterocycles. The molecule has 0 saturated carbocycles. The third kappa shape index (κ3) is 5.71. The minimum atomic E-state index is -1.01. The van der Waals surface area contributed by atoms with Crippen LogP contribution >= 0.6 is 12.6 Å². The lowest BCUT2D eigenvalue weighted by molar-refractivity contribution is -0.149. The largest absolute Gasteiger partial charge is 0.480 e. The lowest BCUT2D eigenvalue weighted by atomic mass is 9.99. The number of amides is 2. The second kappa shape index (κ2) is 10.7. The first-order valence-electron chi connectivity index (χ1n) is 10.9. The van der Waals surface area contributed by atoms with Crippen LogP contribution in [0.1, 0.15) is 32.3 Å². The standard InChI is InChI=1S/C25H30N2O4S/c1-16(2)22(32)23(28)26-20(24(29)27-14-6-9-21(27)25(30)31)15-17-10-12-19(13-11-17)18-7-4-3-5-8-18/h3-5,7-8,10-13,16,20-22,32H,6,9,14-15H2,1-2H3,(H,26,28)(H,30,31)/t20-,21-,22-/m0/s1. The number of thiol groups is 1. The Kier molecular flexibility index (Phi) is 7.96. The molecule has 3 rings (SSSR count). The summed E-state index contributed by atoms with van der Waals surface area (Å²) >= 11 is 4.37. The summed E-state index contributed by atoms with van der Waals surface area (Å²) in [7, 11) is 0. The van der Waals surface area contributed by atoms with Crippen molar-refractivity contribution in [1.29, 1.82) is 0 Å². The Morgan fingerprint density at radius 3 is 2.28 bits per heavy atom. The average Bonchev–Trinajstić information content (AvgIpc) is 3.29. The molecule has 0 aliphatic carbocycles. The molecule has 32 heavy (non-hydrogen) atoms. The number of hydrogen-bond acceptors (Lipinski definition) is 4. The molecule has 1 aliphatic heterocycles. The first-order valence-corrected chi connectivity index (χ1v) is 11.5. The number of aliphatic carboxylic acids is 1. The number of nitrogens with zero attached hydrogens (tertiary/aromatic N) is 1. The van der Waals surface area contributed by atoms with Crippen molar-refractivity contribution >= 4 is 30.4 Å². The number of carboxylic acid groups (broad SMARTS) is 1. The second-order valence-electron chi connectivity index (χ2n) is 8.54. The lowest BCUT2D eigenvalue weighted by Crippen LogP contribution is -2.54. The van der Waals surface area contributed by atoms with Crippen molar-refractivity contribution in [1.82, 2.24) is 10.2 Å². The minimum Gasteiger partial charge on any atom is -0.480 e. The summed E-state index contributed by atoms with van der Waals surface area (Å²) in [5.41, 5.74) is 3.04. The molecule has 1 fully saturated rings. The molecular weight excluding hydrogens is 424 g/mol. The van der Waals surface area contributed by atoms with Crippen molar-refractivity contribution in [3.05, 3.63) is 60.2 Å². The number of carbonyl (C=O) groups is 3. The molecule has 0 bridgehead atoms. The van der Waals surface area contributed by atoms with Gasteiger partial charge >= 0.3 is 5.97 Å². The van der Waals surface area contributed by atoms with Gasteiger partial charge in [-0.1, -0.05) is 68.4 Å². The Labute approximate surface area is 194 Å². The van der Waals surface area contributed by atoms with Crippen molar-refractivity contribution in [2.75, 3.05) is 6.54 Å². The van der Waals surface area contributed by atoms with Crippen LogP contribution in [-0.4, -0.2) is 51.7 Å². The molecule has 2 amide bonds. The number of carbonyl (C=O) groups excluding carboxylic acids is 2. The molecule has 2 aromatic carbocycles. The summed E-state index contributed by atoms with van der Waals surface area (Å²) in [6.45, 7) is 4.15. The second-order valence-corrected chi connectivity index (χ2v) is 9.10. The predicted octanol–water partition coefficient (Wildman–Crippen LogP) is 3.41. The minimum absolute atomic E-state index is 0.00204. The van der Waals surface area contributed by atoms with E-state index in [1.54, 1.807) is 0 Å². The molecule has 6 nitrogen and oxygen atoms in total. The zero-order valence-corrected chi connectivity index (χ0v) is 19.3. The zero-order chi connectivity index (χ0) is 23.3. The molecule has 1 heterocycles. The van der Waals surface area contributed by atoms with E-state index in [9.17, 15) is 19.5 Å². The molecule has 0 radical (unpaired) electrons. The summed E-state index contributed by atoms with van der Waals surface area (Å²) in [5.74, 6) is -1.70. The van der Waals surface area contributed by atoms with Crippen LogP contribution in [0.3, 0.4) is 0 Å². The van der Waals surface area contributed by atoms with E-state index in [4.69, 9.17) is 0 Å². The maximum Gasteiger partial charge on any atom is 0.326 e. The summed E-state index contributed by atoms with van der Waals surface area (Å²) < 4.78 is 0. The summed E-state index contributed by atoms with van der Waals surface area (Å²) in [6.07, 6.45) is 1.34. The molecule has 0 unspecified atom stereocenters. The first kappa shape index (κ1) is 23.9. The van der Waals surface area contributed by atoms with Crippen LogP contribution in [0.5, 0.6) is 0 Å². The summed E-state index contributed by atoms with van der Waals surface area (Å²) in [4.78, 5) is 39.0. The number of likely N-dealkylation sites (tertiary alicyclic amines) is 1. The fraction of sp³-hybridized carbons (Fsp3) is 0.400. The van der Waals surface area contributed by atoms with Gasteiger partial charge < -0.3 is 15.3 Å². The van der Waals surface area contributed by atoms with Crippen molar-refractivity contribution in [2.45, 2.75) is 50.4 Å². The maximum atomic E-state index is 13.3. The van der Waals surface area contributed by atoms with Gasteiger partial charge in [-0.05, 0) is 35.4 Å². The molecule has 0 spiro atoms. The van der Waals surface area contributed by atoms with E-state index >= 15 is 0 Å². The topological polar surface area (TPSA) is 86.7 Å². The van der Waals surface area contributed by atoms with Crippen LogP contribution in [0, 0.1) is 5.92 Å². The maximum absolute atomic E-state index is 13.3. The van der Waals surface area contributed by atoms with Crippen LogP contribution in [0.15, 0.2) is 54.6 Å². The monoisotopic (exact) mass is 454 g/mol. The van der Waals surface area contributed by atoms with Gasteiger partial charge in [0.15, 0.2) is 0 Å². The van der Waals surface area contributed by atoms with Gasteiger partial charge in [0.25, 0.3) is 0 Å². The van der Waals surface area contributed by atoms with Crippen molar-refractivity contribution in [2.24, 2.45) is 5.92 Å². The van der Waals surface area contributed by atoms with Gasteiger partial charge in [-0.2, -0.15) is 12.6 Å². The lowest BCUT2D eigenvalue weighted by Gasteiger charge is -2.28. The first-order chi connectivity index (χ1) is 15.3. The Balaban J connectivity index is 1.81. The van der Waals surface area contributed by atoms with E-state index in [2.05, 4.69) is 17.9 Å². The molecule has 2 N–H and O–H groups in total. The summed E-state index contributed by atoms with van der Waals surface area (Å²) in [6, 6.07) is 16.1.